The van der Waals surface area contributed by atoms with Gasteiger partial charge in [-0.3, -0.25) is 9.78 Å². The predicted octanol–water partition coefficient (Wildman–Crippen LogP) is 2.86. The first-order chi connectivity index (χ1) is 10.4. The highest BCUT2D eigenvalue weighted by molar-refractivity contribution is 5.74. The molecule has 5 heteroatoms. The molecule has 0 N–H and O–H groups in total. The number of carbonyl (C=O) groups is 1. The summed E-state index contributed by atoms with van der Waals surface area (Å²) in [6.45, 7) is 0.782. The van der Waals surface area contributed by atoms with E-state index in [2.05, 4.69) is 10.1 Å². The summed E-state index contributed by atoms with van der Waals surface area (Å²) >= 11 is 0. The molecular weight excluding hydrogens is 266 g/mol. The maximum atomic E-state index is 10.4. The van der Waals surface area contributed by atoms with Crippen molar-refractivity contribution in [1.29, 1.82) is 0 Å². The largest absolute Gasteiger partial charge is 0.356 e. The Morgan fingerprint density at radius 3 is 3.10 bits per heavy atom. The van der Waals surface area contributed by atoms with E-state index in [1.807, 2.05) is 16.8 Å². The van der Waals surface area contributed by atoms with Crippen LogP contribution in [-0.4, -0.2) is 27.7 Å². The fourth-order valence-corrected chi connectivity index (χ4v) is 2.53. The summed E-state index contributed by atoms with van der Waals surface area (Å²) < 4.78 is 7.72. The van der Waals surface area contributed by atoms with Crippen molar-refractivity contribution in [3.63, 3.8) is 0 Å². The Kier molecular flexibility index (Phi) is 4.21. The van der Waals surface area contributed by atoms with Crippen LogP contribution in [0.15, 0.2) is 36.8 Å². The van der Waals surface area contributed by atoms with Crippen LogP contribution in [0.25, 0.3) is 17.3 Å². The van der Waals surface area contributed by atoms with Crippen molar-refractivity contribution >= 4 is 12.4 Å². The second-order valence-corrected chi connectivity index (χ2v) is 4.98. The number of ether oxygens (including phenoxy) is 1. The summed E-state index contributed by atoms with van der Waals surface area (Å²) in [7, 11) is 0. The number of allylic oxidation sites excluding steroid dienone is 1. The first kappa shape index (κ1) is 13.7. The Balaban J connectivity index is 1.92. The smallest absolute Gasteiger partial charge is 0.150 e. The molecule has 1 aliphatic rings. The Hall–Kier alpha value is -2.27. The van der Waals surface area contributed by atoms with E-state index in [4.69, 9.17) is 4.74 Å². The van der Waals surface area contributed by atoms with E-state index in [1.165, 1.54) is 6.08 Å². The van der Waals surface area contributed by atoms with Gasteiger partial charge in [0.15, 0.2) is 6.23 Å². The summed E-state index contributed by atoms with van der Waals surface area (Å²) in [5, 5.41) is 4.40. The molecule has 0 aliphatic carbocycles. The van der Waals surface area contributed by atoms with E-state index in [0.717, 1.165) is 49.0 Å². The zero-order valence-electron chi connectivity index (χ0n) is 11.7. The third-order valence-corrected chi connectivity index (χ3v) is 3.52. The highest BCUT2D eigenvalue weighted by Gasteiger charge is 2.19. The van der Waals surface area contributed by atoms with Gasteiger partial charge in [-0.25, -0.2) is 4.68 Å². The minimum atomic E-state index is -0.00192. The fraction of sp³-hybridized carbons (Fsp3) is 0.312. The zero-order valence-corrected chi connectivity index (χ0v) is 11.7. The van der Waals surface area contributed by atoms with Gasteiger partial charge in [0.1, 0.15) is 6.29 Å². The summed E-state index contributed by atoms with van der Waals surface area (Å²) in [6.07, 6.45) is 12.5. The first-order valence-electron chi connectivity index (χ1n) is 7.11. The highest BCUT2D eigenvalue weighted by Crippen LogP contribution is 2.28. The van der Waals surface area contributed by atoms with E-state index in [0.29, 0.717) is 0 Å². The topological polar surface area (TPSA) is 57.0 Å². The SMILES string of the molecule is O=C/C=C/c1cncc(-c2ccnn2C2CCCCO2)c1. The van der Waals surface area contributed by atoms with E-state index < -0.39 is 0 Å². The van der Waals surface area contributed by atoms with Crippen LogP contribution >= 0.6 is 0 Å². The molecule has 1 fully saturated rings. The van der Waals surface area contributed by atoms with Gasteiger partial charge in [-0.1, -0.05) is 6.08 Å². The third kappa shape index (κ3) is 3.08. The summed E-state index contributed by atoms with van der Waals surface area (Å²) in [5.41, 5.74) is 2.84. The van der Waals surface area contributed by atoms with Crippen LogP contribution in [0.2, 0.25) is 0 Å². The number of nitrogens with zero attached hydrogens (tertiary/aromatic N) is 3. The van der Waals surface area contributed by atoms with Crippen LogP contribution in [0.5, 0.6) is 0 Å². The monoisotopic (exact) mass is 283 g/mol. The molecule has 1 saturated heterocycles. The van der Waals surface area contributed by atoms with Gasteiger partial charge in [-0.15, -0.1) is 0 Å². The Bertz CT molecular complexity index is 642. The van der Waals surface area contributed by atoms with Crippen molar-refractivity contribution in [2.75, 3.05) is 6.61 Å². The van der Waals surface area contributed by atoms with Gasteiger partial charge in [0, 0.05) is 30.8 Å². The number of rotatable bonds is 4. The van der Waals surface area contributed by atoms with Crippen LogP contribution in [-0.2, 0) is 9.53 Å². The van der Waals surface area contributed by atoms with Gasteiger partial charge in [0.05, 0.1) is 5.69 Å². The van der Waals surface area contributed by atoms with Crippen LogP contribution in [0, 0.1) is 0 Å². The van der Waals surface area contributed by atoms with Crippen molar-refractivity contribution in [2.24, 2.45) is 0 Å². The lowest BCUT2D eigenvalue weighted by Gasteiger charge is -2.24. The molecule has 2 aromatic heterocycles. The van der Waals surface area contributed by atoms with Crippen LogP contribution in [0.1, 0.15) is 31.1 Å². The molecule has 3 rings (SSSR count). The molecule has 0 bridgehead atoms. The van der Waals surface area contributed by atoms with Crippen molar-refractivity contribution in [1.82, 2.24) is 14.8 Å². The van der Waals surface area contributed by atoms with Gasteiger partial charge in [-0.2, -0.15) is 5.10 Å². The number of aldehydes is 1. The number of carbonyl (C=O) groups excluding carboxylic acids is 1. The Labute approximate surface area is 123 Å². The lowest BCUT2D eigenvalue weighted by atomic mass is 10.1. The molecule has 108 valence electrons. The number of aromatic nitrogens is 3. The average molecular weight is 283 g/mol. The van der Waals surface area contributed by atoms with E-state index in [-0.39, 0.29) is 6.23 Å². The molecule has 0 spiro atoms. The molecule has 0 amide bonds. The van der Waals surface area contributed by atoms with Crippen LogP contribution < -0.4 is 0 Å². The van der Waals surface area contributed by atoms with E-state index >= 15 is 0 Å². The average Bonchev–Trinajstić information content (AvgIpc) is 3.04. The summed E-state index contributed by atoms with van der Waals surface area (Å²) in [6, 6.07) is 3.95. The molecular formula is C16H17N3O2. The second kappa shape index (κ2) is 6.45. The van der Waals surface area contributed by atoms with Crippen molar-refractivity contribution in [2.45, 2.75) is 25.5 Å². The van der Waals surface area contributed by atoms with Crippen LogP contribution in [0.4, 0.5) is 0 Å². The molecule has 3 heterocycles. The molecule has 0 aromatic carbocycles. The van der Waals surface area contributed by atoms with Gasteiger partial charge in [-0.05, 0) is 43.0 Å². The number of hydrogen-bond donors (Lipinski definition) is 0. The maximum Gasteiger partial charge on any atom is 0.150 e. The minimum Gasteiger partial charge on any atom is -0.356 e. The fourth-order valence-electron chi connectivity index (χ4n) is 2.53. The van der Waals surface area contributed by atoms with Gasteiger partial charge in [0.2, 0.25) is 0 Å². The first-order valence-corrected chi connectivity index (χ1v) is 7.11. The van der Waals surface area contributed by atoms with Crippen molar-refractivity contribution in [3.8, 4) is 11.3 Å². The normalized spacial score (nSPS) is 19.0. The van der Waals surface area contributed by atoms with Gasteiger partial charge in [0.25, 0.3) is 0 Å². The number of pyridine rings is 1. The Morgan fingerprint density at radius 1 is 1.33 bits per heavy atom. The highest BCUT2D eigenvalue weighted by atomic mass is 16.5. The second-order valence-electron chi connectivity index (χ2n) is 4.98. The standard InChI is InChI=1S/C16H17N3O2/c20-8-3-4-13-10-14(12-17-11-13)15-6-7-18-19(15)16-5-1-2-9-21-16/h3-4,6-8,10-12,16H,1-2,5,9H2/b4-3+. The third-order valence-electron chi connectivity index (χ3n) is 3.52. The quantitative estimate of drug-likeness (QED) is 0.639. The number of hydrogen-bond acceptors (Lipinski definition) is 4. The molecule has 1 aliphatic heterocycles. The van der Waals surface area contributed by atoms with Crippen molar-refractivity contribution < 1.29 is 9.53 Å². The molecule has 2 aromatic rings. The lowest BCUT2D eigenvalue weighted by molar-refractivity contribution is -0.104. The maximum absolute atomic E-state index is 10.4. The molecule has 1 atom stereocenters. The lowest BCUT2D eigenvalue weighted by Crippen LogP contribution is -2.19. The minimum absolute atomic E-state index is 0.00192. The molecule has 1 unspecified atom stereocenters. The molecule has 5 nitrogen and oxygen atoms in total. The Morgan fingerprint density at radius 2 is 2.29 bits per heavy atom. The van der Waals surface area contributed by atoms with Crippen molar-refractivity contribution in [3.05, 3.63) is 42.4 Å². The predicted molar refractivity (Wildman–Crippen MR) is 79.4 cm³/mol. The van der Waals surface area contributed by atoms with E-state index in [1.54, 1.807) is 24.7 Å². The molecule has 0 radical (unpaired) electrons. The van der Waals surface area contributed by atoms with E-state index in [9.17, 15) is 4.79 Å². The van der Waals surface area contributed by atoms with Gasteiger partial charge >= 0.3 is 0 Å². The molecule has 21 heavy (non-hydrogen) atoms. The van der Waals surface area contributed by atoms with Gasteiger partial charge < -0.3 is 4.74 Å². The zero-order chi connectivity index (χ0) is 14.5. The summed E-state index contributed by atoms with van der Waals surface area (Å²) in [5.74, 6) is 0. The molecule has 0 saturated carbocycles. The summed E-state index contributed by atoms with van der Waals surface area (Å²) in [4.78, 5) is 14.6. The van der Waals surface area contributed by atoms with Crippen LogP contribution in [0.3, 0.4) is 0 Å².